The third kappa shape index (κ3) is 22.3. The van der Waals surface area contributed by atoms with Crippen molar-refractivity contribution in [3.63, 3.8) is 0 Å². The zero-order valence-electron chi connectivity index (χ0n) is 65.9. The number of aliphatic hydroxyl groups is 25. The standard InChI is InChI=1S/C77H114O45/c1-23(24-2-34(78)55(93)35(79)3-24)113-49-18-33(16-45(89)60(49)98)76(111)122-77-67(121-75(110)32-15-48(92)64(102)53(21-32)117-72(107)28-10-42(86)59(97)43(87)11-28)66(120-74(109)31-14-47(91)63(101)52(20-31)116-71(106)27-8-40(84)58(96)41(85)9-27)65(119-73(108)30-13-46(90)62(100)51(19-30)115-70(105)26-6-38(82)57(95)39(83)7-26)54(118-77)22-112-68(103)29-12-44(88)61(99)50(17-29)114-69(104)25-4-36(80)56(94)37(81)5-25/h24-67,77-102H,1-22H2/t24?,25?,26?,27?,28?,29?,30?,31?,32?,33?,34?,35?,36?,37?,38?,39?,40?,41?,42?,43?,44?,45?,46?,47?,48?,49?,50?,51?,52?,53?,54-,55?,56?,57?,58?,59?,60?,61?,62?,63?,64?,65+,66+,67-,77-/m1/s1. The molecule has 0 aromatic carbocycles. The van der Waals surface area contributed by atoms with E-state index >= 15 is 19.2 Å². The Morgan fingerprint density at radius 2 is 0.402 bits per heavy atom. The van der Waals surface area contributed by atoms with Crippen molar-refractivity contribution < 1.29 is 223 Å². The van der Waals surface area contributed by atoms with Gasteiger partial charge in [0.2, 0.25) is 12.4 Å². The number of ether oxygens (including phenoxy) is 11. The molecule has 45 nitrogen and oxygen atoms in total. The Labute approximate surface area is 694 Å². The number of carbonyl (C=O) groups excluding carboxylic acids is 9. The van der Waals surface area contributed by atoms with Crippen molar-refractivity contribution in [2.24, 2.45) is 59.2 Å². The second-order valence-electron chi connectivity index (χ2n) is 34.9. The van der Waals surface area contributed by atoms with Crippen molar-refractivity contribution in [1.82, 2.24) is 0 Å². The van der Waals surface area contributed by atoms with E-state index in [1.54, 1.807) is 0 Å². The molecule has 1 heterocycles. The van der Waals surface area contributed by atoms with Crippen LogP contribution in [0.1, 0.15) is 128 Å². The monoisotopic (exact) mass is 1760 g/mol. The van der Waals surface area contributed by atoms with Crippen molar-refractivity contribution in [1.29, 1.82) is 0 Å². The maximum atomic E-state index is 15.6. The summed E-state index contributed by atoms with van der Waals surface area (Å²) in [6, 6.07) is 0. The average molecular weight is 1760 g/mol. The Morgan fingerprint density at radius 3 is 0.664 bits per heavy atom. The second kappa shape index (κ2) is 40.8. The molecule has 122 heavy (non-hydrogen) atoms. The van der Waals surface area contributed by atoms with Crippen LogP contribution in [0.5, 0.6) is 0 Å². The summed E-state index contributed by atoms with van der Waals surface area (Å²) in [4.78, 5) is 132. The van der Waals surface area contributed by atoms with E-state index in [9.17, 15) is 152 Å². The van der Waals surface area contributed by atoms with Gasteiger partial charge in [-0.2, -0.15) is 0 Å². The van der Waals surface area contributed by atoms with Gasteiger partial charge in [0.15, 0.2) is 12.2 Å². The maximum absolute atomic E-state index is 15.6. The molecule has 45 heteroatoms. The van der Waals surface area contributed by atoms with Gasteiger partial charge in [-0.05, 0) is 96.3 Å². The summed E-state index contributed by atoms with van der Waals surface area (Å²) in [5.41, 5.74) is 0. The topological polar surface area (TPSA) is 761 Å². The van der Waals surface area contributed by atoms with Crippen LogP contribution >= 0.6 is 0 Å². The van der Waals surface area contributed by atoms with Gasteiger partial charge in [-0.15, -0.1) is 0 Å². The van der Waals surface area contributed by atoms with Crippen LogP contribution in [-0.2, 0) is 95.3 Å². The highest BCUT2D eigenvalue weighted by Crippen LogP contribution is 2.43. The molecule has 10 aliphatic carbocycles. The number of carbonyl (C=O) groups is 9. The summed E-state index contributed by atoms with van der Waals surface area (Å²) in [7, 11) is 0. The van der Waals surface area contributed by atoms with E-state index in [1.807, 2.05) is 0 Å². The van der Waals surface area contributed by atoms with Gasteiger partial charge in [0.25, 0.3) is 0 Å². The average Bonchev–Trinajstić information content (AvgIpc) is 0.763. The minimum Gasteiger partial charge on any atom is -0.492 e. The van der Waals surface area contributed by atoms with Crippen LogP contribution in [0.25, 0.3) is 0 Å². The van der Waals surface area contributed by atoms with Gasteiger partial charge in [-0.3, -0.25) is 43.2 Å². The lowest BCUT2D eigenvalue weighted by molar-refractivity contribution is -0.306. The van der Waals surface area contributed by atoms with E-state index in [1.165, 1.54) is 0 Å². The minimum atomic E-state index is -2.72. The quantitative estimate of drug-likeness (QED) is 0.0272. The van der Waals surface area contributed by atoms with Gasteiger partial charge in [0.1, 0.15) is 104 Å². The Balaban J connectivity index is 0.980. The lowest BCUT2D eigenvalue weighted by Crippen LogP contribution is -2.64. The normalized spacial score (nSPS) is 47.0. The van der Waals surface area contributed by atoms with Gasteiger partial charge in [-0.1, -0.05) is 6.58 Å². The molecule has 692 valence electrons. The molecule has 0 bridgehead atoms. The summed E-state index contributed by atoms with van der Waals surface area (Å²) in [5.74, 6) is -28.0. The lowest BCUT2D eigenvalue weighted by Gasteiger charge is -2.46. The zero-order valence-corrected chi connectivity index (χ0v) is 65.9. The number of esters is 9. The summed E-state index contributed by atoms with van der Waals surface area (Å²) in [6.07, 6.45) is -79.0. The molecule has 11 fully saturated rings. The Kier molecular flexibility index (Phi) is 32.2. The highest BCUT2D eigenvalue weighted by Gasteiger charge is 2.60. The van der Waals surface area contributed by atoms with Gasteiger partial charge >= 0.3 is 53.7 Å². The van der Waals surface area contributed by atoms with E-state index < -0.39 is 449 Å². The van der Waals surface area contributed by atoms with Crippen LogP contribution in [0.4, 0.5) is 0 Å². The number of allylic oxidation sites excluding steroid dienone is 1. The molecular weight excluding hydrogens is 1640 g/mol. The van der Waals surface area contributed by atoms with Gasteiger partial charge in [-0.25, -0.2) is 0 Å². The first-order valence-electron chi connectivity index (χ1n) is 41.2. The molecule has 1 aliphatic heterocycles. The van der Waals surface area contributed by atoms with Crippen LogP contribution in [0.15, 0.2) is 12.3 Å². The predicted octanol–water partition coefficient (Wildman–Crippen LogP) is -11.8. The van der Waals surface area contributed by atoms with Gasteiger partial charge in [0.05, 0.1) is 151 Å². The molecule has 30 unspecified atom stereocenters. The van der Waals surface area contributed by atoms with Crippen molar-refractivity contribution in [3.05, 3.63) is 12.3 Å². The first-order valence-corrected chi connectivity index (χ1v) is 41.2. The molecule has 0 aromatic rings. The van der Waals surface area contributed by atoms with E-state index in [4.69, 9.17) is 52.1 Å². The van der Waals surface area contributed by atoms with Crippen LogP contribution in [0, 0.1) is 59.2 Å². The largest absolute Gasteiger partial charge is 0.492 e. The maximum Gasteiger partial charge on any atom is 0.311 e. The fourth-order valence-electron chi connectivity index (χ4n) is 18.6. The third-order valence-electron chi connectivity index (χ3n) is 26.1. The first-order chi connectivity index (χ1) is 57.4. The molecule has 11 rings (SSSR count). The zero-order chi connectivity index (χ0) is 89.4. The van der Waals surface area contributed by atoms with E-state index in [0.29, 0.717) is 0 Å². The van der Waals surface area contributed by atoms with E-state index in [-0.39, 0.29) is 18.6 Å². The summed E-state index contributed by atoms with van der Waals surface area (Å²) in [6.45, 7) is 2.48. The number of rotatable bonds is 22. The SMILES string of the molecule is C=C(OC1CC(C(=O)O[C@H]2O[C@H](COC(=O)C3CC(O)C(O)C(OC(=O)C4CC(O)C(O)C(O)C4)C3)[C@H](OC(=O)C3CC(O)C(O)C(OC(=O)C4CC(O)C(O)C(O)C4)C3)[C@H](OC(=O)C3CC(O)C(O)C(OC(=O)C4CC(O)C(O)C(O)C4)C3)[C@H]2OC(=O)C2CC(O)C(O)C(OC(=O)C3CC(O)C(O)C(O)C3)C2)CC(O)C1O)C1CC(O)C(O)C(O)C1. The van der Waals surface area contributed by atoms with Crippen LogP contribution in [-0.4, -0.2) is 402 Å². The number of hydrogen-bond acceptors (Lipinski definition) is 45. The fraction of sp³-hybridized carbons (Fsp3) is 0.857. The van der Waals surface area contributed by atoms with E-state index in [2.05, 4.69) is 6.58 Å². The van der Waals surface area contributed by atoms with Crippen molar-refractivity contribution in [3.8, 4) is 0 Å². The molecule has 0 amide bonds. The molecule has 0 radical (unpaired) electrons. The smallest absolute Gasteiger partial charge is 0.311 e. The third-order valence-corrected chi connectivity index (χ3v) is 26.1. The molecule has 35 atom stereocenters. The molecule has 1 saturated heterocycles. The molecule has 0 aromatic heterocycles. The second-order valence-corrected chi connectivity index (χ2v) is 34.9. The number of aliphatic hydroxyl groups excluding tert-OH is 25. The molecule has 0 spiro atoms. The Bertz CT molecular complexity index is 3570. The minimum absolute atomic E-state index is 0.223. The highest BCUT2D eigenvalue weighted by atomic mass is 16.8. The molecule has 10 saturated carbocycles. The summed E-state index contributed by atoms with van der Waals surface area (Å²) in [5, 5.41) is 270. The van der Waals surface area contributed by atoms with Gasteiger partial charge < -0.3 is 180 Å². The van der Waals surface area contributed by atoms with Crippen LogP contribution in [0.3, 0.4) is 0 Å². The molecular formula is C77H114O45. The summed E-state index contributed by atoms with van der Waals surface area (Å²) >= 11 is 0. The van der Waals surface area contributed by atoms with E-state index in [0.717, 1.165) is 0 Å². The van der Waals surface area contributed by atoms with Crippen molar-refractivity contribution in [2.75, 3.05) is 6.61 Å². The molecule has 25 N–H and O–H groups in total. The van der Waals surface area contributed by atoms with Crippen molar-refractivity contribution in [2.45, 2.75) is 342 Å². The fourth-order valence-corrected chi connectivity index (χ4v) is 18.6. The lowest BCUT2D eigenvalue weighted by atomic mass is 9.81. The first kappa shape index (κ1) is 96.4. The van der Waals surface area contributed by atoms with Crippen LogP contribution < -0.4 is 0 Å². The molecule has 11 aliphatic rings. The Morgan fingerprint density at radius 1 is 0.213 bits per heavy atom. The van der Waals surface area contributed by atoms with Crippen molar-refractivity contribution >= 4 is 53.7 Å². The highest BCUT2D eigenvalue weighted by molar-refractivity contribution is 5.79. The predicted molar refractivity (Wildman–Crippen MR) is 386 cm³/mol. The summed E-state index contributed by atoms with van der Waals surface area (Å²) < 4.78 is 65.4. The van der Waals surface area contributed by atoms with Crippen LogP contribution in [0.2, 0.25) is 0 Å². The van der Waals surface area contributed by atoms with Gasteiger partial charge in [0, 0.05) is 38.0 Å². The number of hydrogen-bond donors (Lipinski definition) is 25. The Hall–Kier alpha value is -6.27.